The van der Waals surface area contributed by atoms with Crippen molar-refractivity contribution in [3.8, 4) is 0 Å². The van der Waals surface area contributed by atoms with E-state index in [-0.39, 0.29) is 0 Å². The van der Waals surface area contributed by atoms with E-state index in [4.69, 9.17) is 0 Å². The lowest BCUT2D eigenvalue weighted by molar-refractivity contribution is 0.0979. The first kappa shape index (κ1) is 8.32. The summed E-state index contributed by atoms with van der Waals surface area (Å²) in [6, 6.07) is 2.02. The predicted molar refractivity (Wildman–Crippen MR) is 53.3 cm³/mol. The van der Waals surface area contributed by atoms with Crippen LogP contribution >= 0.6 is 23.1 Å². The average molecular weight is 198 g/mol. The van der Waals surface area contributed by atoms with Crippen molar-refractivity contribution < 1.29 is 4.79 Å². The minimum atomic E-state index is 0.320. The number of thioether (sulfide) groups is 1. The number of hydrogen-bond donors (Lipinski definition) is 0. The van der Waals surface area contributed by atoms with Gasteiger partial charge in [0, 0.05) is 22.1 Å². The van der Waals surface area contributed by atoms with Crippen LogP contribution in [0.3, 0.4) is 0 Å². The van der Waals surface area contributed by atoms with Crippen LogP contribution in [0.1, 0.15) is 28.6 Å². The molecule has 1 nitrogen and oxygen atoms in total. The maximum Gasteiger partial charge on any atom is 0.165 e. The Morgan fingerprint density at radius 2 is 2.33 bits per heavy atom. The molecular formula is C9H10OS2. The zero-order chi connectivity index (χ0) is 8.72. The lowest BCUT2D eigenvalue weighted by Crippen LogP contribution is -2.12. The van der Waals surface area contributed by atoms with Gasteiger partial charge in [0.1, 0.15) is 0 Å². The summed E-state index contributed by atoms with van der Waals surface area (Å²) in [5.41, 5.74) is 0.959. The fraction of sp³-hybridized carbons (Fsp3) is 0.444. The molecule has 0 saturated carbocycles. The highest BCUT2D eigenvalue weighted by molar-refractivity contribution is 8.01. The van der Waals surface area contributed by atoms with Gasteiger partial charge in [-0.05, 0) is 13.0 Å². The molecule has 1 aliphatic rings. The summed E-state index contributed by atoms with van der Waals surface area (Å²) in [7, 11) is 0. The zero-order valence-corrected chi connectivity index (χ0v) is 8.72. The molecule has 1 aliphatic heterocycles. The Kier molecular flexibility index (Phi) is 2.00. The van der Waals surface area contributed by atoms with Crippen molar-refractivity contribution in [2.24, 2.45) is 0 Å². The summed E-state index contributed by atoms with van der Waals surface area (Å²) in [5.74, 6) is 0.320. The molecular weight excluding hydrogens is 188 g/mol. The molecule has 0 radical (unpaired) electrons. The summed E-state index contributed by atoms with van der Waals surface area (Å²) in [6.45, 7) is 4.17. The van der Waals surface area contributed by atoms with E-state index in [9.17, 15) is 4.79 Å². The monoisotopic (exact) mass is 198 g/mol. The number of thiophene rings is 1. The summed E-state index contributed by atoms with van der Waals surface area (Å²) < 4.78 is 1.22. The molecule has 0 fully saturated rings. The zero-order valence-electron chi connectivity index (χ0n) is 7.09. The van der Waals surface area contributed by atoms with Gasteiger partial charge in [0.15, 0.2) is 5.78 Å². The van der Waals surface area contributed by atoms with Crippen LogP contribution in [0.15, 0.2) is 10.3 Å². The highest BCUT2D eigenvalue weighted by Gasteiger charge is 2.24. The van der Waals surface area contributed by atoms with Gasteiger partial charge in [-0.25, -0.2) is 0 Å². The van der Waals surface area contributed by atoms with Crippen molar-refractivity contribution in [2.75, 3.05) is 0 Å². The summed E-state index contributed by atoms with van der Waals surface area (Å²) in [5, 5.41) is 0.461. The standard InChI is InChI=1S/C9H10OS2/c1-5-3-7-8(10)4-6(2)12-9(7)11-5/h3,6H,4H2,1-2H3/t6-/m0/s1. The number of rotatable bonds is 0. The van der Waals surface area contributed by atoms with E-state index >= 15 is 0 Å². The van der Waals surface area contributed by atoms with E-state index in [2.05, 4.69) is 13.8 Å². The van der Waals surface area contributed by atoms with Crippen molar-refractivity contribution in [2.45, 2.75) is 29.7 Å². The van der Waals surface area contributed by atoms with Crippen LogP contribution in [0.5, 0.6) is 0 Å². The van der Waals surface area contributed by atoms with Gasteiger partial charge in [0.25, 0.3) is 0 Å². The second-order valence-corrected chi connectivity index (χ2v) is 6.08. The summed E-state index contributed by atoms with van der Waals surface area (Å²) in [4.78, 5) is 12.7. The molecule has 0 unspecified atom stereocenters. The van der Waals surface area contributed by atoms with Crippen molar-refractivity contribution in [3.05, 3.63) is 16.5 Å². The van der Waals surface area contributed by atoms with Crippen molar-refractivity contribution in [1.82, 2.24) is 0 Å². The van der Waals surface area contributed by atoms with E-state index in [1.54, 1.807) is 11.3 Å². The smallest absolute Gasteiger partial charge is 0.165 e. The first-order valence-corrected chi connectivity index (χ1v) is 5.66. The molecule has 2 rings (SSSR count). The Bertz CT molecular complexity index is 327. The third kappa shape index (κ3) is 1.31. The normalized spacial score (nSPS) is 22.5. The number of carbonyl (C=O) groups excluding carboxylic acids is 1. The molecule has 0 spiro atoms. The Hall–Kier alpha value is -0.280. The lowest BCUT2D eigenvalue weighted by Gasteiger charge is -2.15. The van der Waals surface area contributed by atoms with Gasteiger partial charge in [0.05, 0.1) is 4.21 Å². The fourth-order valence-electron chi connectivity index (χ4n) is 1.37. The Morgan fingerprint density at radius 3 is 3.08 bits per heavy atom. The van der Waals surface area contributed by atoms with Gasteiger partial charge in [-0.1, -0.05) is 6.92 Å². The molecule has 0 aliphatic carbocycles. The average Bonchev–Trinajstić information content (AvgIpc) is 2.29. The van der Waals surface area contributed by atoms with Gasteiger partial charge in [-0.3, -0.25) is 4.79 Å². The predicted octanol–water partition coefficient (Wildman–Crippen LogP) is 3.12. The first-order chi connectivity index (χ1) is 5.66. The van der Waals surface area contributed by atoms with Gasteiger partial charge < -0.3 is 0 Å². The van der Waals surface area contributed by atoms with E-state index in [0.29, 0.717) is 17.5 Å². The minimum Gasteiger partial charge on any atom is -0.294 e. The van der Waals surface area contributed by atoms with Gasteiger partial charge in [0.2, 0.25) is 0 Å². The van der Waals surface area contributed by atoms with E-state index in [0.717, 1.165) is 5.56 Å². The van der Waals surface area contributed by atoms with Crippen molar-refractivity contribution >= 4 is 28.9 Å². The second-order valence-electron chi connectivity index (χ2n) is 3.11. The molecule has 0 aromatic carbocycles. The number of hydrogen-bond acceptors (Lipinski definition) is 3. The lowest BCUT2D eigenvalue weighted by atomic mass is 10.1. The van der Waals surface area contributed by atoms with Gasteiger partial charge >= 0.3 is 0 Å². The quantitative estimate of drug-likeness (QED) is 0.637. The molecule has 12 heavy (non-hydrogen) atoms. The number of ketones is 1. The van der Waals surface area contributed by atoms with E-state index in [1.807, 2.05) is 17.8 Å². The first-order valence-electron chi connectivity index (χ1n) is 3.97. The molecule has 3 heteroatoms. The molecule has 0 bridgehead atoms. The molecule has 0 amide bonds. The number of aryl methyl sites for hydroxylation is 1. The van der Waals surface area contributed by atoms with Crippen LogP contribution in [0.2, 0.25) is 0 Å². The maximum atomic E-state index is 11.5. The largest absolute Gasteiger partial charge is 0.294 e. The molecule has 64 valence electrons. The molecule has 0 saturated heterocycles. The third-order valence-electron chi connectivity index (χ3n) is 1.90. The summed E-state index contributed by atoms with van der Waals surface area (Å²) >= 11 is 3.57. The fourth-order valence-corrected chi connectivity index (χ4v) is 4.10. The van der Waals surface area contributed by atoms with Crippen molar-refractivity contribution in [1.29, 1.82) is 0 Å². The van der Waals surface area contributed by atoms with Crippen LogP contribution in [-0.2, 0) is 0 Å². The Labute approximate surface area is 80.2 Å². The molecule has 1 atom stereocenters. The van der Waals surface area contributed by atoms with Crippen LogP contribution in [0, 0.1) is 6.92 Å². The number of carbonyl (C=O) groups is 1. The second kappa shape index (κ2) is 2.89. The SMILES string of the molecule is Cc1cc2c(s1)S[C@@H](C)CC2=O. The molecule has 1 aromatic rings. The number of Topliss-reactive ketones (excluding diaryl/α,β-unsaturated/α-hetero) is 1. The molecule has 2 heterocycles. The Balaban J connectivity index is 2.46. The molecule has 0 N–H and O–H groups in total. The topological polar surface area (TPSA) is 17.1 Å². The van der Waals surface area contributed by atoms with E-state index in [1.165, 1.54) is 9.09 Å². The van der Waals surface area contributed by atoms with Crippen LogP contribution in [0.25, 0.3) is 0 Å². The highest BCUT2D eigenvalue weighted by Crippen LogP contribution is 2.40. The Morgan fingerprint density at radius 1 is 1.58 bits per heavy atom. The van der Waals surface area contributed by atoms with Crippen LogP contribution < -0.4 is 0 Å². The van der Waals surface area contributed by atoms with Gasteiger partial charge in [-0.2, -0.15) is 0 Å². The minimum absolute atomic E-state index is 0.320. The number of fused-ring (bicyclic) bond motifs is 1. The highest BCUT2D eigenvalue weighted by atomic mass is 32.2. The van der Waals surface area contributed by atoms with E-state index < -0.39 is 0 Å². The van der Waals surface area contributed by atoms with Gasteiger partial charge in [-0.15, -0.1) is 23.1 Å². The third-order valence-corrected chi connectivity index (χ3v) is 4.29. The van der Waals surface area contributed by atoms with Crippen molar-refractivity contribution in [3.63, 3.8) is 0 Å². The molecule has 1 aromatic heterocycles. The summed E-state index contributed by atoms with van der Waals surface area (Å²) in [6.07, 6.45) is 0.702. The van der Waals surface area contributed by atoms with Crippen LogP contribution in [0.4, 0.5) is 0 Å². The van der Waals surface area contributed by atoms with Crippen LogP contribution in [-0.4, -0.2) is 11.0 Å². The maximum absolute atomic E-state index is 11.5.